The number of piperidine rings is 1. The normalized spacial score (nSPS) is 22.6. The zero-order chi connectivity index (χ0) is 11.1. The van der Waals surface area contributed by atoms with Crippen LogP contribution >= 0.6 is 0 Å². The number of likely N-dealkylation sites (N-methyl/N-ethyl adjacent to an activating group) is 1. The largest absolute Gasteiger partial charge is 0.318 e. The number of rotatable bonds is 6. The molecular weight excluding hydrogens is 186 g/mol. The molecule has 0 aromatic rings. The van der Waals surface area contributed by atoms with Gasteiger partial charge in [0.15, 0.2) is 0 Å². The molecular formula is C12H27N3. The average Bonchev–Trinajstić information content (AvgIpc) is 2.25. The SMILES string of the molecule is CNCCN(CC1CCCCN1)C(C)C. The highest BCUT2D eigenvalue weighted by Gasteiger charge is 2.17. The molecule has 0 bridgehead atoms. The Labute approximate surface area is 94.6 Å². The van der Waals surface area contributed by atoms with Crippen LogP contribution in [0.4, 0.5) is 0 Å². The van der Waals surface area contributed by atoms with Crippen molar-refractivity contribution in [3.63, 3.8) is 0 Å². The first-order valence-electron chi connectivity index (χ1n) is 6.36. The van der Waals surface area contributed by atoms with Crippen LogP contribution in [0, 0.1) is 0 Å². The molecule has 1 aliphatic heterocycles. The molecule has 0 saturated carbocycles. The Morgan fingerprint density at radius 3 is 2.73 bits per heavy atom. The van der Waals surface area contributed by atoms with Gasteiger partial charge in [-0.05, 0) is 40.3 Å². The monoisotopic (exact) mass is 213 g/mol. The van der Waals surface area contributed by atoms with Gasteiger partial charge in [-0.3, -0.25) is 4.90 Å². The van der Waals surface area contributed by atoms with Crippen LogP contribution in [-0.4, -0.2) is 50.2 Å². The maximum absolute atomic E-state index is 3.62. The molecule has 1 fully saturated rings. The van der Waals surface area contributed by atoms with Gasteiger partial charge >= 0.3 is 0 Å². The van der Waals surface area contributed by atoms with E-state index in [2.05, 4.69) is 29.4 Å². The van der Waals surface area contributed by atoms with E-state index in [4.69, 9.17) is 0 Å². The van der Waals surface area contributed by atoms with Crippen molar-refractivity contribution in [1.29, 1.82) is 0 Å². The van der Waals surface area contributed by atoms with Gasteiger partial charge in [-0.15, -0.1) is 0 Å². The fourth-order valence-electron chi connectivity index (χ4n) is 2.18. The summed E-state index contributed by atoms with van der Waals surface area (Å²) in [5.41, 5.74) is 0. The number of nitrogens with zero attached hydrogens (tertiary/aromatic N) is 1. The molecule has 1 heterocycles. The summed E-state index contributed by atoms with van der Waals surface area (Å²) in [5, 5.41) is 6.85. The van der Waals surface area contributed by atoms with Crippen molar-refractivity contribution in [2.24, 2.45) is 0 Å². The summed E-state index contributed by atoms with van der Waals surface area (Å²) < 4.78 is 0. The highest BCUT2D eigenvalue weighted by Crippen LogP contribution is 2.09. The van der Waals surface area contributed by atoms with Crippen molar-refractivity contribution < 1.29 is 0 Å². The first-order valence-corrected chi connectivity index (χ1v) is 6.36. The Hall–Kier alpha value is -0.120. The fourth-order valence-corrected chi connectivity index (χ4v) is 2.18. The van der Waals surface area contributed by atoms with E-state index in [1.165, 1.54) is 32.4 Å². The van der Waals surface area contributed by atoms with E-state index < -0.39 is 0 Å². The Kier molecular flexibility index (Phi) is 6.22. The summed E-state index contributed by atoms with van der Waals surface area (Å²) in [4.78, 5) is 2.57. The maximum atomic E-state index is 3.62. The second kappa shape index (κ2) is 7.20. The number of hydrogen-bond donors (Lipinski definition) is 2. The van der Waals surface area contributed by atoms with E-state index in [9.17, 15) is 0 Å². The highest BCUT2D eigenvalue weighted by molar-refractivity contribution is 4.77. The second-order valence-corrected chi connectivity index (χ2v) is 4.84. The zero-order valence-electron chi connectivity index (χ0n) is 10.6. The van der Waals surface area contributed by atoms with E-state index in [-0.39, 0.29) is 0 Å². The molecule has 0 amide bonds. The molecule has 3 heteroatoms. The van der Waals surface area contributed by atoms with E-state index in [1.807, 2.05) is 7.05 Å². The molecule has 2 N–H and O–H groups in total. The van der Waals surface area contributed by atoms with Gasteiger partial charge in [0.25, 0.3) is 0 Å². The highest BCUT2D eigenvalue weighted by atomic mass is 15.2. The lowest BCUT2D eigenvalue weighted by Crippen LogP contribution is -2.47. The summed E-state index contributed by atoms with van der Waals surface area (Å²) in [6, 6.07) is 1.38. The number of hydrogen-bond acceptors (Lipinski definition) is 3. The Bertz CT molecular complexity index is 153. The summed E-state index contributed by atoms with van der Waals surface area (Å²) in [5.74, 6) is 0. The van der Waals surface area contributed by atoms with E-state index in [1.54, 1.807) is 0 Å². The van der Waals surface area contributed by atoms with Crippen LogP contribution in [0.5, 0.6) is 0 Å². The van der Waals surface area contributed by atoms with E-state index in [0.29, 0.717) is 6.04 Å². The molecule has 90 valence electrons. The molecule has 0 aromatic carbocycles. The smallest absolute Gasteiger partial charge is 0.0195 e. The van der Waals surface area contributed by atoms with Crippen LogP contribution < -0.4 is 10.6 Å². The van der Waals surface area contributed by atoms with Gasteiger partial charge in [0.1, 0.15) is 0 Å². The summed E-state index contributed by atoms with van der Waals surface area (Å²) in [6.45, 7) is 9.25. The predicted octanol–water partition coefficient (Wildman–Crippen LogP) is 1.06. The molecule has 1 saturated heterocycles. The van der Waals surface area contributed by atoms with Crippen molar-refractivity contribution in [3.8, 4) is 0 Å². The Balaban J connectivity index is 2.28. The molecule has 1 rings (SSSR count). The summed E-state index contributed by atoms with van der Waals surface area (Å²) in [6.07, 6.45) is 4.10. The van der Waals surface area contributed by atoms with Crippen molar-refractivity contribution >= 4 is 0 Å². The third-order valence-electron chi connectivity index (χ3n) is 3.25. The van der Waals surface area contributed by atoms with Crippen LogP contribution in [0.1, 0.15) is 33.1 Å². The minimum Gasteiger partial charge on any atom is -0.318 e. The lowest BCUT2D eigenvalue weighted by Gasteiger charge is -2.33. The average molecular weight is 213 g/mol. The molecule has 15 heavy (non-hydrogen) atoms. The summed E-state index contributed by atoms with van der Waals surface area (Å²) >= 11 is 0. The van der Waals surface area contributed by atoms with Gasteiger partial charge in [-0.2, -0.15) is 0 Å². The molecule has 0 spiro atoms. The topological polar surface area (TPSA) is 27.3 Å². The van der Waals surface area contributed by atoms with Gasteiger partial charge in [-0.25, -0.2) is 0 Å². The molecule has 1 unspecified atom stereocenters. The predicted molar refractivity (Wildman–Crippen MR) is 66.3 cm³/mol. The van der Waals surface area contributed by atoms with E-state index >= 15 is 0 Å². The van der Waals surface area contributed by atoms with Crippen molar-refractivity contribution in [2.75, 3.05) is 33.2 Å². The Morgan fingerprint density at radius 1 is 1.40 bits per heavy atom. The minimum absolute atomic E-state index is 0.655. The van der Waals surface area contributed by atoms with Crippen LogP contribution in [0.25, 0.3) is 0 Å². The van der Waals surface area contributed by atoms with Gasteiger partial charge < -0.3 is 10.6 Å². The first-order chi connectivity index (χ1) is 7.24. The van der Waals surface area contributed by atoms with E-state index in [0.717, 1.165) is 19.1 Å². The summed E-state index contributed by atoms with van der Waals surface area (Å²) in [7, 11) is 2.03. The number of nitrogens with one attached hydrogen (secondary N) is 2. The molecule has 1 aliphatic rings. The first kappa shape index (κ1) is 12.9. The van der Waals surface area contributed by atoms with Crippen molar-refractivity contribution in [2.45, 2.75) is 45.2 Å². The standard InChI is InChI=1S/C12H27N3/c1-11(2)15(9-8-13-3)10-12-6-4-5-7-14-12/h11-14H,4-10H2,1-3H3. The quantitative estimate of drug-likeness (QED) is 0.691. The molecule has 0 radical (unpaired) electrons. The van der Waals surface area contributed by atoms with Gasteiger partial charge in [-0.1, -0.05) is 6.42 Å². The fraction of sp³-hybridized carbons (Fsp3) is 1.00. The van der Waals surface area contributed by atoms with Crippen molar-refractivity contribution in [1.82, 2.24) is 15.5 Å². The van der Waals surface area contributed by atoms with Gasteiger partial charge in [0.05, 0.1) is 0 Å². The Morgan fingerprint density at radius 2 is 2.20 bits per heavy atom. The third kappa shape index (κ3) is 4.96. The van der Waals surface area contributed by atoms with Crippen LogP contribution in [0.2, 0.25) is 0 Å². The van der Waals surface area contributed by atoms with Crippen LogP contribution in [0.15, 0.2) is 0 Å². The molecule has 0 aromatic heterocycles. The van der Waals surface area contributed by atoms with Crippen molar-refractivity contribution in [3.05, 3.63) is 0 Å². The minimum atomic E-state index is 0.655. The maximum Gasteiger partial charge on any atom is 0.0195 e. The molecule has 1 atom stereocenters. The lowest BCUT2D eigenvalue weighted by molar-refractivity contribution is 0.186. The lowest BCUT2D eigenvalue weighted by atomic mass is 10.0. The van der Waals surface area contributed by atoms with Gasteiger partial charge in [0.2, 0.25) is 0 Å². The van der Waals surface area contributed by atoms with Crippen LogP contribution in [0.3, 0.4) is 0 Å². The molecule has 0 aliphatic carbocycles. The third-order valence-corrected chi connectivity index (χ3v) is 3.25. The van der Waals surface area contributed by atoms with Gasteiger partial charge in [0, 0.05) is 31.7 Å². The zero-order valence-corrected chi connectivity index (χ0v) is 10.6. The molecule has 3 nitrogen and oxygen atoms in total. The second-order valence-electron chi connectivity index (χ2n) is 4.84. The van der Waals surface area contributed by atoms with Crippen LogP contribution in [-0.2, 0) is 0 Å².